The first-order valence-electron chi connectivity index (χ1n) is 6.87. The smallest absolute Gasteiger partial charge is 0.224 e. The van der Waals surface area contributed by atoms with Gasteiger partial charge in [-0.15, -0.1) is 0 Å². The summed E-state index contributed by atoms with van der Waals surface area (Å²) in [6, 6.07) is 18.2. The summed E-state index contributed by atoms with van der Waals surface area (Å²) >= 11 is 5.25. The maximum atomic E-state index is 11.8. The Bertz CT molecular complexity index is 574. The molecule has 2 aromatic rings. The first kappa shape index (κ1) is 16.1. The average Bonchev–Trinajstić information content (AvgIpc) is 2.48. The number of carbonyl (C=O) groups excluding carboxylic acids is 1. The van der Waals surface area contributed by atoms with E-state index in [4.69, 9.17) is 0 Å². The van der Waals surface area contributed by atoms with Crippen molar-refractivity contribution < 1.29 is 4.79 Å². The second-order valence-corrected chi connectivity index (χ2v) is 6.72. The van der Waals surface area contributed by atoms with Gasteiger partial charge in [0.05, 0.1) is 6.42 Å². The van der Waals surface area contributed by atoms with Crippen molar-refractivity contribution in [2.45, 2.75) is 12.2 Å². The van der Waals surface area contributed by atoms with Gasteiger partial charge in [0.15, 0.2) is 0 Å². The molecule has 0 saturated heterocycles. The van der Waals surface area contributed by atoms with Gasteiger partial charge in [-0.25, -0.2) is 0 Å². The van der Waals surface area contributed by atoms with Crippen molar-refractivity contribution in [3.05, 3.63) is 70.2 Å². The monoisotopic (exact) mass is 363 g/mol. The van der Waals surface area contributed by atoms with E-state index in [1.54, 1.807) is 0 Å². The van der Waals surface area contributed by atoms with Crippen molar-refractivity contribution in [2.75, 3.05) is 12.3 Å². The summed E-state index contributed by atoms with van der Waals surface area (Å²) in [7, 11) is 0. The van der Waals surface area contributed by atoms with Crippen LogP contribution in [0.1, 0.15) is 11.1 Å². The van der Waals surface area contributed by atoms with Gasteiger partial charge in [-0.05, 0) is 23.3 Å². The Kier molecular flexibility index (Phi) is 6.83. The molecular formula is C17H18BrNOS. The highest BCUT2D eigenvalue weighted by molar-refractivity contribution is 9.10. The van der Waals surface area contributed by atoms with E-state index >= 15 is 0 Å². The third kappa shape index (κ3) is 6.36. The number of halogens is 1. The van der Waals surface area contributed by atoms with Gasteiger partial charge in [0.25, 0.3) is 0 Å². The minimum atomic E-state index is 0.0772. The third-order valence-corrected chi connectivity index (χ3v) is 4.46. The molecule has 1 amide bonds. The van der Waals surface area contributed by atoms with Crippen molar-refractivity contribution in [1.29, 1.82) is 0 Å². The van der Waals surface area contributed by atoms with E-state index in [0.717, 1.165) is 21.5 Å². The molecule has 0 aromatic heterocycles. The molecule has 0 saturated carbocycles. The Hall–Kier alpha value is -1.26. The summed E-state index contributed by atoms with van der Waals surface area (Å²) < 4.78 is 1.01. The predicted octanol–water partition coefficient (Wildman–Crippen LogP) is 4.04. The van der Waals surface area contributed by atoms with Gasteiger partial charge >= 0.3 is 0 Å². The Labute approximate surface area is 138 Å². The van der Waals surface area contributed by atoms with E-state index in [0.29, 0.717) is 13.0 Å². The van der Waals surface area contributed by atoms with Gasteiger partial charge in [-0.3, -0.25) is 4.79 Å². The standard InChI is InChI=1S/C17H18BrNOS/c18-16-8-4-7-15(11-16)12-17(20)19-9-10-21-13-14-5-2-1-3-6-14/h1-8,11H,9-10,12-13H2,(H,19,20). The lowest BCUT2D eigenvalue weighted by Gasteiger charge is -2.06. The molecule has 1 N–H and O–H groups in total. The summed E-state index contributed by atoms with van der Waals surface area (Å²) in [5.74, 6) is 2.00. The molecule has 2 nitrogen and oxygen atoms in total. The third-order valence-electron chi connectivity index (χ3n) is 2.93. The van der Waals surface area contributed by atoms with Crippen LogP contribution in [0, 0.1) is 0 Å². The maximum absolute atomic E-state index is 11.8. The van der Waals surface area contributed by atoms with E-state index in [2.05, 4.69) is 45.5 Å². The lowest BCUT2D eigenvalue weighted by Crippen LogP contribution is -2.27. The highest BCUT2D eigenvalue weighted by Crippen LogP contribution is 2.12. The first-order chi connectivity index (χ1) is 10.2. The summed E-state index contributed by atoms with van der Waals surface area (Å²) in [5, 5.41) is 2.96. The largest absolute Gasteiger partial charge is 0.355 e. The number of benzene rings is 2. The number of carbonyl (C=O) groups is 1. The van der Waals surface area contributed by atoms with Crippen LogP contribution in [0.15, 0.2) is 59.1 Å². The van der Waals surface area contributed by atoms with Crippen LogP contribution in [0.2, 0.25) is 0 Å². The lowest BCUT2D eigenvalue weighted by atomic mass is 10.1. The molecule has 0 atom stereocenters. The van der Waals surface area contributed by atoms with Crippen LogP contribution >= 0.6 is 27.7 Å². The fourth-order valence-corrected chi connectivity index (χ4v) is 3.19. The molecule has 2 aromatic carbocycles. The number of hydrogen-bond donors (Lipinski definition) is 1. The van der Waals surface area contributed by atoms with Gasteiger partial charge in [0.2, 0.25) is 5.91 Å². The SMILES string of the molecule is O=C(Cc1cccc(Br)c1)NCCSCc1ccccc1. The molecule has 0 heterocycles. The van der Waals surface area contributed by atoms with Crippen LogP contribution in [0.4, 0.5) is 0 Å². The van der Waals surface area contributed by atoms with Gasteiger partial charge in [0.1, 0.15) is 0 Å². The van der Waals surface area contributed by atoms with Crippen LogP contribution < -0.4 is 5.32 Å². The van der Waals surface area contributed by atoms with Crippen molar-refractivity contribution in [1.82, 2.24) is 5.32 Å². The molecule has 0 aliphatic rings. The number of amides is 1. The highest BCUT2D eigenvalue weighted by atomic mass is 79.9. The number of thioether (sulfide) groups is 1. The molecule has 0 spiro atoms. The fraction of sp³-hybridized carbons (Fsp3) is 0.235. The topological polar surface area (TPSA) is 29.1 Å². The summed E-state index contributed by atoms with van der Waals surface area (Å²) in [4.78, 5) is 11.8. The average molecular weight is 364 g/mol. The molecule has 110 valence electrons. The Balaban J connectivity index is 1.61. The van der Waals surface area contributed by atoms with Crippen molar-refractivity contribution in [3.8, 4) is 0 Å². The lowest BCUT2D eigenvalue weighted by molar-refractivity contribution is -0.120. The van der Waals surface area contributed by atoms with Gasteiger partial charge in [-0.1, -0.05) is 58.4 Å². The van der Waals surface area contributed by atoms with Crippen LogP contribution in [0.25, 0.3) is 0 Å². The minimum absolute atomic E-state index is 0.0772. The minimum Gasteiger partial charge on any atom is -0.355 e. The Morgan fingerprint density at radius 3 is 2.57 bits per heavy atom. The molecule has 0 aliphatic carbocycles. The zero-order valence-corrected chi connectivity index (χ0v) is 14.1. The zero-order valence-electron chi connectivity index (χ0n) is 11.7. The van der Waals surface area contributed by atoms with Crippen LogP contribution in [-0.4, -0.2) is 18.2 Å². The molecule has 4 heteroatoms. The number of nitrogens with one attached hydrogen (secondary N) is 1. The van der Waals surface area contributed by atoms with E-state index in [1.807, 2.05) is 42.1 Å². The molecule has 0 radical (unpaired) electrons. The highest BCUT2D eigenvalue weighted by Gasteiger charge is 2.03. The van der Waals surface area contributed by atoms with Gasteiger partial charge in [0, 0.05) is 22.5 Å². The van der Waals surface area contributed by atoms with E-state index in [-0.39, 0.29) is 5.91 Å². The Morgan fingerprint density at radius 1 is 1.05 bits per heavy atom. The van der Waals surface area contributed by atoms with Crippen molar-refractivity contribution in [3.63, 3.8) is 0 Å². The Morgan fingerprint density at radius 2 is 1.81 bits per heavy atom. The second-order valence-electron chi connectivity index (χ2n) is 4.69. The second kappa shape index (κ2) is 8.90. The predicted molar refractivity (Wildman–Crippen MR) is 93.5 cm³/mol. The van der Waals surface area contributed by atoms with E-state index in [1.165, 1.54) is 5.56 Å². The molecule has 2 rings (SSSR count). The fourth-order valence-electron chi connectivity index (χ4n) is 1.92. The maximum Gasteiger partial charge on any atom is 0.224 e. The van der Waals surface area contributed by atoms with Gasteiger partial charge in [-0.2, -0.15) is 11.8 Å². The quantitative estimate of drug-likeness (QED) is 0.752. The van der Waals surface area contributed by atoms with E-state index < -0.39 is 0 Å². The summed E-state index contributed by atoms with van der Waals surface area (Å²) in [6.45, 7) is 0.713. The number of rotatable bonds is 7. The van der Waals surface area contributed by atoms with E-state index in [9.17, 15) is 4.79 Å². The molecule has 21 heavy (non-hydrogen) atoms. The van der Waals surface area contributed by atoms with Crippen molar-refractivity contribution in [2.24, 2.45) is 0 Å². The summed E-state index contributed by atoms with van der Waals surface area (Å²) in [6.07, 6.45) is 0.433. The first-order valence-corrected chi connectivity index (χ1v) is 8.81. The normalized spacial score (nSPS) is 10.3. The molecule has 0 unspecified atom stereocenters. The van der Waals surface area contributed by atoms with Gasteiger partial charge < -0.3 is 5.32 Å². The molecule has 0 fully saturated rings. The zero-order chi connectivity index (χ0) is 14.9. The van der Waals surface area contributed by atoms with Crippen LogP contribution in [-0.2, 0) is 17.0 Å². The molecule has 0 aliphatic heterocycles. The van der Waals surface area contributed by atoms with Crippen molar-refractivity contribution >= 4 is 33.6 Å². The molecule has 0 bridgehead atoms. The summed E-state index contributed by atoms with van der Waals surface area (Å²) in [5.41, 5.74) is 2.35. The number of hydrogen-bond acceptors (Lipinski definition) is 2. The van der Waals surface area contributed by atoms with Crippen LogP contribution in [0.3, 0.4) is 0 Å². The van der Waals surface area contributed by atoms with Crippen LogP contribution in [0.5, 0.6) is 0 Å². The molecular weight excluding hydrogens is 346 g/mol.